The summed E-state index contributed by atoms with van der Waals surface area (Å²) in [5, 5.41) is 5.97. The predicted octanol–water partition coefficient (Wildman–Crippen LogP) is 3.48. The number of piperidine rings is 1. The van der Waals surface area contributed by atoms with Crippen molar-refractivity contribution >= 4 is 11.7 Å². The fraction of sp³-hybridized carbons (Fsp3) is 0.611. The lowest BCUT2D eigenvalue weighted by molar-refractivity contribution is 0.132. The minimum absolute atomic E-state index is 0.125. The van der Waals surface area contributed by atoms with Gasteiger partial charge in [0, 0.05) is 31.4 Å². The number of urea groups is 1. The monoisotopic (exact) mass is 303 g/mol. The summed E-state index contributed by atoms with van der Waals surface area (Å²) in [4.78, 5) is 14.6. The van der Waals surface area contributed by atoms with Crippen molar-refractivity contribution in [3.63, 3.8) is 0 Å². The van der Waals surface area contributed by atoms with Gasteiger partial charge in [-0.05, 0) is 43.7 Å². The van der Waals surface area contributed by atoms with Crippen molar-refractivity contribution in [2.24, 2.45) is 11.8 Å². The topological polar surface area (TPSA) is 44.4 Å². The number of para-hydroxylation sites is 1. The van der Waals surface area contributed by atoms with Crippen LogP contribution in [0.4, 0.5) is 10.5 Å². The van der Waals surface area contributed by atoms with E-state index in [2.05, 4.69) is 36.3 Å². The molecule has 1 aromatic carbocycles. The number of carbonyl (C=O) groups excluding carboxylic acids is 1. The van der Waals surface area contributed by atoms with E-state index in [9.17, 15) is 4.79 Å². The molecule has 0 saturated carbocycles. The standard InChI is InChI=1S/C18H29N3O/c1-13-9-14(2)11-21(10-13)12-16(4)19-18(22)20-17-8-6-5-7-15(17)3/h5-8,13-14,16H,9-12H2,1-4H3,(H2,19,20,22)/t13-,14+,16-/m1/s1. The van der Waals surface area contributed by atoms with Crippen LogP contribution in [0.25, 0.3) is 0 Å². The first-order valence-electron chi connectivity index (χ1n) is 8.29. The largest absolute Gasteiger partial charge is 0.334 e. The Balaban J connectivity index is 1.80. The van der Waals surface area contributed by atoms with Gasteiger partial charge >= 0.3 is 6.03 Å². The van der Waals surface area contributed by atoms with Crippen molar-refractivity contribution < 1.29 is 4.79 Å². The van der Waals surface area contributed by atoms with E-state index in [1.807, 2.05) is 31.2 Å². The van der Waals surface area contributed by atoms with E-state index in [1.54, 1.807) is 0 Å². The first kappa shape index (κ1) is 16.8. The van der Waals surface area contributed by atoms with Gasteiger partial charge in [0.2, 0.25) is 0 Å². The second-order valence-corrected chi connectivity index (χ2v) is 6.98. The third-order valence-corrected chi connectivity index (χ3v) is 4.25. The normalized spacial score (nSPS) is 23.8. The summed E-state index contributed by atoms with van der Waals surface area (Å²) in [6.45, 7) is 11.9. The van der Waals surface area contributed by atoms with Gasteiger partial charge in [0.1, 0.15) is 0 Å². The van der Waals surface area contributed by atoms with Gasteiger partial charge in [-0.15, -0.1) is 0 Å². The van der Waals surface area contributed by atoms with Gasteiger partial charge in [-0.3, -0.25) is 0 Å². The Hall–Kier alpha value is -1.55. The third-order valence-electron chi connectivity index (χ3n) is 4.25. The highest BCUT2D eigenvalue weighted by Crippen LogP contribution is 2.20. The summed E-state index contributed by atoms with van der Waals surface area (Å²) in [7, 11) is 0. The number of anilines is 1. The smallest absolute Gasteiger partial charge is 0.319 e. The molecule has 2 rings (SSSR count). The zero-order valence-corrected chi connectivity index (χ0v) is 14.2. The lowest BCUT2D eigenvalue weighted by Crippen LogP contribution is -2.47. The molecule has 0 bridgehead atoms. The van der Waals surface area contributed by atoms with E-state index < -0.39 is 0 Å². The van der Waals surface area contributed by atoms with Crippen molar-refractivity contribution in [1.29, 1.82) is 0 Å². The summed E-state index contributed by atoms with van der Waals surface area (Å²) in [6.07, 6.45) is 1.31. The van der Waals surface area contributed by atoms with Crippen LogP contribution >= 0.6 is 0 Å². The third kappa shape index (κ3) is 5.02. The SMILES string of the molecule is Cc1ccccc1NC(=O)N[C@H](C)CN1C[C@H](C)C[C@H](C)C1. The first-order valence-corrected chi connectivity index (χ1v) is 8.29. The Morgan fingerprint density at radius 2 is 1.91 bits per heavy atom. The molecule has 1 saturated heterocycles. The van der Waals surface area contributed by atoms with Crippen molar-refractivity contribution in [1.82, 2.24) is 10.2 Å². The number of hydrogen-bond acceptors (Lipinski definition) is 2. The summed E-state index contributed by atoms with van der Waals surface area (Å²) in [5.74, 6) is 1.49. The highest BCUT2D eigenvalue weighted by Gasteiger charge is 2.23. The van der Waals surface area contributed by atoms with E-state index in [4.69, 9.17) is 0 Å². The predicted molar refractivity (Wildman–Crippen MR) is 92.2 cm³/mol. The summed E-state index contributed by atoms with van der Waals surface area (Å²) in [6, 6.07) is 7.84. The Bertz CT molecular complexity index is 493. The number of nitrogens with one attached hydrogen (secondary N) is 2. The van der Waals surface area contributed by atoms with Crippen LogP contribution in [0, 0.1) is 18.8 Å². The molecular weight excluding hydrogens is 274 g/mol. The van der Waals surface area contributed by atoms with Gasteiger partial charge in [-0.25, -0.2) is 4.79 Å². The molecule has 1 heterocycles. The molecule has 2 N–H and O–H groups in total. The van der Waals surface area contributed by atoms with Crippen LogP contribution in [0.15, 0.2) is 24.3 Å². The molecule has 0 radical (unpaired) electrons. The maximum absolute atomic E-state index is 12.1. The Labute approximate surface area is 134 Å². The maximum atomic E-state index is 12.1. The lowest BCUT2D eigenvalue weighted by atomic mass is 9.92. The number of rotatable bonds is 4. The van der Waals surface area contributed by atoms with Crippen LogP contribution in [0.5, 0.6) is 0 Å². The fourth-order valence-electron chi connectivity index (χ4n) is 3.47. The second kappa shape index (κ2) is 7.63. The van der Waals surface area contributed by atoms with Gasteiger partial charge in [-0.2, -0.15) is 0 Å². The minimum Gasteiger partial charge on any atom is -0.334 e. The molecule has 122 valence electrons. The van der Waals surface area contributed by atoms with Crippen molar-refractivity contribution in [2.75, 3.05) is 25.0 Å². The van der Waals surface area contributed by atoms with Crippen LogP contribution in [-0.4, -0.2) is 36.6 Å². The molecule has 0 aromatic heterocycles. The number of hydrogen-bond donors (Lipinski definition) is 2. The van der Waals surface area contributed by atoms with E-state index in [1.165, 1.54) is 6.42 Å². The Morgan fingerprint density at radius 3 is 2.55 bits per heavy atom. The van der Waals surface area contributed by atoms with Gasteiger partial charge in [0.05, 0.1) is 0 Å². The molecule has 0 spiro atoms. The van der Waals surface area contributed by atoms with E-state index >= 15 is 0 Å². The zero-order valence-electron chi connectivity index (χ0n) is 14.2. The fourth-order valence-corrected chi connectivity index (χ4v) is 3.47. The molecular formula is C18H29N3O. The average Bonchev–Trinajstić information content (AvgIpc) is 2.39. The molecule has 0 unspecified atom stereocenters. The molecule has 2 amide bonds. The van der Waals surface area contributed by atoms with Crippen LogP contribution in [0.1, 0.15) is 32.8 Å². The summed E-state index contributed by atoms with van der Waals surface area (Å²) < 4.78 is 0. The highest BCUT2D eigenvalue weighted by atomic mass is 16.2. The molecule has 1 aliphatic heterocycles. The number of amides is 2. The van der Waals surface area contributed by atoms with Gasteiger partial charge in [0.15, 0.2) is 0 Å². The molecule has 1 aromatic rings. The number of carbonyl (C=O) groups is 1. The Kier molecular flexibility index (Phi) is 5.83. The molecule has 22 heavy (non-hydrogen) atoms. The van der Waals surface area contributed by atoms with Crippen molar-refractivity contribution in [3.05, 3.63) is 29.8 Å². The lowest BCUT2D eigenvalue weighted by Gasteiger charge is -2.36. The molecule has 4 nitrogen and oxygen atoms in total. The van der Waals surface area contributed by atoms with Crippen LogP contribution in [0.2, 0.25) is 0 Å². The number of likely N-dealkylation sites (tertiary alicyclic amines) is 1. The summed E-state index contributed by atoms with van der Waals surface area (Å²) in [5.41, 5.74) is 1.94. The van der Waals surface area contributed by atoms with E-state index in [0.29, 0.717) is 0 Å². The molecule has 1 fully saturated rings. The van der Waals surface area contributed by atoms with E-state index in [-0.39, 0.29) is 12.1 Å². The van der Waals surface area contributed by atoms with Crippen molar-refractivity contribution in [2.45, 2.75) is 40.2 Å². The number of benzene rings is 1. The van der Waals surface area contributed by atoms with Crippen LogP contribution < -0.4 is 10.6 Å². The molecule has 1 aliphatic rings. The Morgan fingerprint density at radius 1 is 1.27 bits per heavy atom. The first-order chi connectivity index (χ1) is 10.4. The van der Waals surface area contributed by atoms with Gasteiger partial charge < -0.3 is 15.5 Å². The summed E-state index contributed by atoms with van der Waals surface area (Å²) >= 11 is 0. The maximum Gasteiger partial charge on any atom is 0.319 e. The van der Waals surface area contributed by atoms with Crippen LogP contribution in [0.3, 0.4) is 0 Å². The van der Waals surface area contributed by atoms with E-state index in [0.717, 1.165) is 42.7 Å². The zero-order chi connectivity index (χ0) is 16.1. The van der Waals surface area contributed by atoms with Gasteiger partial charge in [0.25, 0.3) is 0 Å². The van der Waals surface area contributed by atoms with Gasteiger partial charge in [-0.1, -0.05) is 32.0 Å². The number of nitrogens with zero attached hydrogens (tertiary/aromatic N) is 1. The number of aryl methyl sites for hydroxylation is 1. The average molecular weight is 303 g/mol. The van der Waals surface area contributed by atoms with Crippen molar-refractivity contribution in [3.8, 4) is 0 Å². The molecule has 0 aliphatic carbocycles. The second-order valence-electron chi connectivity index (χ2n) is 6.98. The van der Waals surface area contributed by atoms with Crippen LogP contribution in [-0.2, 0) is 0 Å². The molecule has 4 heteroatoms. The minimum atomic E-state index is -0.125. The highest BCUT2D eigenvalue weighted by molar-refractivity contribution is 5.90. The quantitative estimate of drug-likeness (QED) is 0.894. The molecule has 3 atom stereocenters.